The standard InChI is InChI=1S/C13H17N3O2/c1-9-5-10(7-14-6-9)8-16-11(13(2,3)4)15-18-12(16)17/h5-7H,8H2,1-4H3. The number of hydrogen-bond donors (Lipinski definition) is 0. The number of nitrogens with zero attached hydrogens (tertiary/aromatic N) is 3. The van der Waals surface area contributed by atoms with Crippen LogP contribution in [0, 0.1) is 6.92 Å². The molecule has 0 aliphatic heterocycles. The fraction of sp³-hybridized carbons (Fsp3) is 0.462. The van der Waals surface area contributed by atoms with E-state index in [2.05, 4.69) is 10.1 Å². The number of pyridine rings is 1. The van der Waals surface area contributed by atoms with Gasteiger partial charge in [-0.15, -0.1) is 0 Å². The van der Waals surface area contributed by atoms with Gasteiger partial charge in [0.1, 0.15) is 0 Å². The summed E-state index contributed by atoms with van der Waals surface area (Å²) in [7, 11) is 0. The summed E-state index contributed by atoms with van der Waals surface area (Å²) in [6, 6.07) is 2.00. The number of rotatable bonds is 2. The fourth-order valence-corrected chi connectivity index (χ4v) is 1.84. The molecule has 0 N–H and O–H groups in total. The second kappa shape index (κ2) is 4.40. The smallest absolute Gasteiger partial charge is 0.296 e. The van der Waals surface area contributed by atoms with Gasteiger partial charge in [-0.1, -0.05) is 32.0 Å². The lowest BCUT2D eigenvalue weighted by atomic mass is 9.95. The predicted molar refractivity (Wildman–Crippen MR) is 67.5 cm³/mol. The average Bonchev–Trinajstić information content (AvgIpc) is 2.60. The maximum Gasteiger partial charge on any atom is 0.441 e. The van der Waals surface area contributed by atoms with Crippen molar-refractivity contribution in [2.24, 2.45) is 0 Å². The normalized spacial score (nSPS) is 11.8. The van der Waals surface area contributed by atoms with E-state index < -0.39 is 5.76 Å². The van der Waals surface area contributed by atoms with E-state index in [0.717, 1.165) is 11.1 Å². The Morgan fingerprint density at radius 3 is 2.67 bits per heavy atom. The van der Waals surface area contributed by atoms with E-state index in [1.807, 2.05) is 33.8 Å². The van der Waals surface area contributed by atoms with Gasteiger partial charge < -0.3 is 0 Å². The highest BCUT2D eigenvalue weighted by Crippen LogP contribution is 2.19. The Morgan fingerprint density at radius 1 is 1.33 bits per heavy atom. The Balaban J connectivity index is 2.41. The number of aromatic nitrogens is 3. The van der Waals surface area contributed by atoms with Crippen molar-refractivity contribution in [2.45, 2.75) is 39.7 Å². The molecule has 0 spiro atoms. The second-order valence-electron chi connectivity index (χ2n) is 5.48. The van der Waals surface area contributed by atoms with Crippen LogP contribution >= 0.6 is 0 Å². The minimum atomic E-state index is -0.429. The van der Waals surface area contributed by atoms with E-state index in [9.17, 15) is 4.79 Å². The Kier molecular flexibility index (Phi) is 3.07. The van der Waals surface area contributed by atoms with Crippen molar-refractivity contribution >= 4 is 0 Å². The van der Waals surface area contributed by atoms with Crippen LogP contribution in [-0.4, -0.2) is 14.7 Å². The van der Waals surface area contributed by atoms with Crippen molar-refractivity contribution in [3.63, 3.8) is 0 Å². The van der Waals surface area contributed by atoms with Gasteiger partial charge in [0.15, 0.2) is 5.82 Å². The third-order valence-electron chi connectivity index (χ3n) is 2.63. The summed E-state index contributed by atoms with van der Waals surface area (Å²) in [4.78, 5) is 15.8. The molecule has 0 aliphatic carbocycles. The van der Waals surface area contributed by atoms with Gasteiger partial charge in [-0.05, 0) is 18.1 Å². The van der Waals surface area contributed by atoms with Gasteiger partial charge in [0, 0.05) is 17.8 Å². The quantitative estimate of drug-likeness (QED) is 0.813. The van der Waals surface area contributed by atoms with Crippen LogP contribution in [0.3, 0.4) is 0 Å². The molecule has 0 unspecified atom stereocenters. The molecule has 2 aromatic rings. The van der Waals surface area contributed by atoms with Crippen molar-refractivity contribution in [1.29, 1.82) is 0 Å². The summed E-state index contributed by atoms with van der Waals surface area (Å²) in [5, 5.41) is 3.86. The molecule has 96 valence electrons. The lowest BCUT2D eigenvalue weighted by Crippen LogP contribution is -2.25. The summed E-state index contributed by atoms with van der Waals surface area (Å²) >= 11 is 0. The lowest BCUT2D eigenvalue weighted by Gasteiger charge is -2.16. The number of aryl methyl sites for hydroxylation is 1. The summed E-state index contributed by atoms with van der Waals surface area (Å²) in [5.74, 6) is 0.218. The van der Waals surface area contributed by atoms with Crippen LogP contribution in [0.2, 0.25) is 0 Å². The van der Waals surface area contributed by atoms with E-state index >= 15 is 0 Å². The summed E-state index contributed by atoms with van der Waals surface area (Å²) in [6.45, 7) is 8.39. The molecular weight excluding hydrogens is 230 g/mol. The topological polar surface area (TPSA) is 60.9 Å². The van der Waals surface area contributed by atoms with Crippen LogP contribution in [0.1, 0.15) is 37.7 Å². The van der Waals surface area contributed by atoms with Crippen molar-refractivity contribution in [3.05, 3.63) is 46.0 Å². The van der Waals surface area contributed by atoms with Gasteiger partial charge >= 0.3 is 5.76 Å². The second-order valence-corrected chi connectivity index (χ2v) is 5.48. The molecule has 18 heavy (non-hydrogen) atoms. The predicted octanol–water partition coefficient (Wildman–Crippen LogP) is 1.89. The molecule has 2 rings (SSSR count). The Labute approximate surface area is 105 Å². The van der Waals surface area contributed by atoms with Gasteiger partial charge in [0.05, 0.1) is 6.54 Å². The Hall–Kier alpha value is -1.91. The maximum atomic E-state index is 11.7. The first-order valence-electron chi connectivity index (χ1n) is 5.85. The Bertz CT molecular complexity index is 605. The van der Waals surface area contributed by atoms with Crippen molar-refractivity contribution < 1.29 is 4.52 Å². The summed E-state index contributed by atoms with van der Waals surface area (Å²) < 4.78 is 6.31. The van der Waals surface area contributed by atoms with E-state index in [4.69, 9.17) is 4.52 Å². The van der Waals surface area contributed by atoms with Crippen LogP contribution < -0.4 is 5.76 Å². The van der Waals surface area contributed by atoms with Gasteiger partial charge in [-0.3, -0.25) is 14.1 Å². The highest BCUT2D eigenvalue weighted by Gasteiger charge is 2.24. The molecule has 0 bridgehead atoms. The van der Waals surface area contributed by atoms with E-state index in [1.165, 1.54) is 0 Å². The largest absolute Gasteiger partial charge is 0.441 e. The SMILES string of the molecule is Cc1cncc(Cn2c(C(C)(C)C)noc2=O)c1. The third kappa shape index (κ3) is 2.50. The molecule has 2 heterocycles. The molecule has 0 fully saturated rings. The first-order valence-corrected chi connectivity index (χ1v) is 5.85. The average molecular weight is 247 g/mol. The highest BCUT2D eigenvalue weighted by molar-refractivity contribution is 5.17. The minimum Gasteiger partial charge on any atom is -0.296 e. The highest BCUT2D eigenvalue weighted by atomic mass is 16.5. The molecule has 0 aliphatic rings. The van der Waals surface area contributed by atoms with Crippen molar-refractivity contribution in [2.75, 3.05) is 0 Å². The molecule has 0 atom stereocenters. The molecule has 2 aromatic heterocycles. The third-order valence-corrected chi connectivity index (χ3v) is 2.63. The van der Waals surface area contributed by atoms with Crippen molar-refractivity contribution in [3.8, 4) is 0 Å². The van der Waals surface area contributed by atoms with Crippen LogP contribution in [0.5, 0.6) is 0 Å². The molecule has 0 saturated heterocycles. The molecule has 5 nitrogen and oxygen atoms in total. The van der Waals surface area contributed by atoms with Gasteiger partial charge in [-0.2, -0.15) is 0 Å². The van der Waals surface area contributed by atoms with Crippen molar-refractivity contribution in [1.82, 2.24) is 14.7 Å². The van der Waals surface area contributed by atoms with Crippen LogP contribution in [-0.2, 0) is 12.0 Å². The van der Waals surface area contributed by atoms with Gasteiger partial charge in [0.25, 0.3) is 0 Å². The molecule has 5 heteroatoms. The first-order chi connectivity index (χ1) is 8.38. The van der Waals surface area contributed by atoms with Gasteiger partial charge in [0.2, 0.25) is 0 Å². The fourth-order valence-electron chi connectivity index (χ4n) is 1.84. The zero-order valence-corrected chi connectivity index (χ0v) is 11.1. The zero-order chi connectivity index (χ0) is 13.3. The van der Waals surface area contributed by atoms with E-state index in [0.29, 0.717) is 12.4 Å². The molecule has 0 aromatic carbocycles. The van der Waals surface area contributed by atoms with E-state index in [-0.39, 0.29) is 5.41 Å². The molecule has 0 radical (unpaired) electrons. The zero-order valence-electron chi connectivity index (χ0n) is 11.1. The molecule has 0 amide bonds. The van der Waals surface area contributed by atoms with Crippen LogP contribution in [0.15, 0.2) is 27.8 Å². The maximum absolute atomic E-state index is 11.7. The van der Waals surface area contributed by atoms with Crippen LogP contribution in [0.4, 0.5) is 0 Å². The minimum absolute atomic E-state index is 0.233. The van der Waals surface area contributed by atoms with Gasteiger partial charge in [-0.25, -0.2) is 4.79 Å². The first kappa shape index (κ1) is 12.5. The van der Waals surface area contributed by atoms with Crippen LogP contribution in [0.25, 0.3) is 0 Å². The Morgan fingerprint density at radius 2 is 2.06 bits per heavy atom. The monoisotopic (exact) mass is 247 g/mol. The number of hydrogen-bond acceptors (Lipinski definition) is 4. The van der Waals surface area contributed by atoms with E-state index in [1.54, 1.807) is 17.0 Å². The lowest BCUT2D eigenvalue weighted by molar-refractivity contribution is 0.367. The molecular formula is C13H17N3O2. The summed E-state index contributed by atoms with van der Waals surface area (Å²) in [5.41, 5.74) is 1.80. The summed E-state index contributed by atoms with van der Waals surface area (Å²) in [6.07, 6.45) is 3.53. The molecule has 0 saturated carbocycles.